The van der Waals surface area contributed by atoms with Gasteiger partial charge in [0.15, 0.2) is 5.69 Å². The molecule has 0 N–H and O–H groups in total. The summed E-state index contributed by atoms with van der Waals surface area (Å²) in [5.74, 6) is 1.20. The lowest BCUT2D eigenvalue weighted by Crippen LogP contribution is -1.83. The minimum Gasteiger partial charge on any atom is -0.457 e. The molecule has 2 nitrogen and oxygen atoms in total. The molecule has 16 heavy (non-hydrogen) atoms. The van der Waals surface area contributed by atoms with Crippen molar-refractivity contribution in [3.63, 3.8) is 0 Å². The molecule has 78 valence electrons. The zero-order valence-corrected chi connectivity index (χ0v) is 9.11. The molecule has 0 amide bonds. The number of rotatable bonds is 2. The molecule has 2 rings (SSSR count). The maximum absolute atomic E-state index is 6.91. The van der Waals surface area contributed by atoms with Gasteiger partial charge in [0, 0.05) is 0 Å². The molecule has 0 saturated heterocycles. The quantitative estimate of drug-likeness (QED) is 0.682. The van der Waals surface area contributed by atoms with E-state index in [4.69, 9.17) is 22.9 Å². The van der Waals surface area contributed by atoms with Gasteiger partial charge in [-0.1, -0.05) is 35.9 Å². The van der Waals surface area contributed by atoms with Crippen LogP contribution < -0.4 is 4.74 Å². The zero-order chi connectivity index (χ0) is 11.4. The minimum absolute atomic E-state index is 0.546. The summed E-state index contributed by atoms with van der Waals surface area (Å²) in [5, 5.41) is 0.552. The van der Waals surface area contributed by atoms with Crippen LogP contribution in [0.4, 0.5) is 5.69 Å². The topological polar surface area (TPSA) is 13.6 Å². The molecule has 2 aromatic rings. The molecule has 0 aliphatic carbocycles. The Morgan fingerprint density at radius 2 is 1.88 bits per heavy atom. The van der Waals surface area contributed by atoms with Gasteiger partial charge in [-0.25, -0.2) is 4.85 Å². The Hall–Kier alpha value is -1.98. The van der Waals surface area contributed by atoms with Crippen LogP contribution in [0.1, 0.15) is 0 Å². The lowest BCUT2D eigenvalue weighted by atomic mass is 10.3. The SMILES string of the molecule is [C-]#[N+]c1cccc(Oc2ccccc2Cl)c1. The molecule has 0 spiro atoms. The largest absolute Gasteiger partial charge is 0.457 e. The predicted molar refractivity (Wildman–Crippen MR) is 64.2 cm³/mol. The van der Waals surface area contributed by atoms with Gasteiger partial charge < -0.3 is 4.74 Å². The van der Waals surface area contributed by atoms with Crippen molar-refractivity contribution in [3.05, 3.63) is 65.0 Å². The van der Waals surface area contributed by atoms with Crippen molar-refractivity contribution < 1.29 is 4.74 Å². The van der Waals surface area contributed by atoms with Gasteiger partial charge in [0.05, 0.1) is 11.6 Å². The number of halogens is 1. The van der Waals surface area contributed by atoms with Crippen LogP contribution in [0.25, 0.3) is 4.85 Å². The van der Waals surface area contributed by atoms with Gasteiger partial charge in [0.25, 0.3) is 0 Å². The first-order valence-corrected chi connectivity index (χ1v) is 5.07. The van der Waals surface area contributed by atoms with E-state index in [0.717, 1.165) is 0 Å². The zero-order valence-electron chi connectivity index (χ0n) is 8.35. The molecule has 0 saturated carbocycles. The Bertz CT molecular complexity index is 546. The molecule has 0 fully saturated rings. The van der Waals surface area contributed by atoms with Crippen molar-refractivity contribution in [2.24, 2.45) is 0 Å². The van der Waals surface area contributed by atoms with Crippen LogP contribution in [-0.4, -0.2) is 0 Å². The second-order valence-corrected chi connectivity index (χ2v) is 3.55. The van der Waals surface area contributed by atoms with Gasteiger partial charge in [0.1, 0.15) is 11.5 Å². The standard InChI is InChI=1S/C13H8ClNO/c1-15-10-5-4-6-11(9-10)16-13-8-3-2-7-12(13)14/h2-9H. The number of hydrogen-bond acceptors (Lipinski definition) is 1. The Balaban J connectivity index is 2.28. The molecule has 0 aromatic heterocycles. The summed E-state index contributed by atoms with van der Waals surface area (Å²) >= 11 is 5.96. The van der Waals surface area contributed by atoms with Crippen molar-refractivity contribution in [2.45, 2.75) is 0 Å². The van der Waals surface area contributed by atoms with Crippen molar-refractivity contribution >= 4 is 17.3 Å². The van der Waals surface area contributed by atoms with Gasteiger partial charge in [-0.2, -0.15) is 0 Å². The molecule has 3 heteroatoms. The highest BCUT2D eigenvalue weighted by molar-refractivity contribution is 6.32. The van der Waals surface area contributed by atoms with Gasteiger partial charge >= 0.3 is 0 Å². The number of para-hydroxylation sites is 1. The number of nitrogens with zero attached hydrogens (tertiary/aromatic N) is 1. The summed E-state index contributed by atoms with van der Waals surface area (Å²) in [6.07, 6.45) is 0. The van der Waals surface area contributed by atoms with Crippen LogP contribution in [0, 0.1) is 6.57 Å². The fraction of sp³-hybridized carbons (Fsp3) is 0. The van der Waals surface area contributed by atoms with Gasteiger partial charge in [-0.3, -0.25) is 0 Å². The summed E-state index contributed by atoms with van der Waals surface area (Å²) in [7, 11) is 0. The molecule has 0 aliphatic heterocycles. The van der Waals surface area contributed by atoms with Gasteiger partial charge in [0.2, 0.25) is 0 Å². The molecule has 0 aliphatic rings. The lowest BCUT2D eigenvalue weighted by Gasteiger charge is -2.07. The van der Waals surface area contributed by atoms with Crippen LogP contribution >= 0.6 is 11.6 Å². The predicted octanol–water partition coefficient (Wildman–Crippen LogP) is 4.68. The van der Waals surface area contributed by atoms with E-state index in [0.29, 0.717) is 22.2 Å². The summed E-state index contributed by atoms with van der Waals surface area (Å²) in [6, 6.07) is 14.2. The van der Waals surface area contributed by atoms with E-state index in [-0.39, 0.29) is 0 Å². The van der Waals surface area contributed by atoms with E-state index in [9.17, 15) is 0 Å². The monoisotopic (exact) mass is 229 g/mol. The highest BCUT2D eigenvalue weighted by atomic mass is 35.5. The Kier molecular flexibility index (Phi) is 3.09. The summed E-state index contributed by atoms with van der Waals surface area (Å²) in [5.41, 5.74) is 0.546. The van der Waals surface area contributed by atoms with Crippen LogP contribution in [0.15, 0.2) is 48.5 Å². The second-order valence-electron chi connectivity index (χ2n) is 3.14. The van der Waals surface area contributed by atoms with Crippen molar-refractivity contribution in [2.75, 3.05) is 0 Å². The Morgan fingerprint density at radius 3 is 2.62 bits per heavy atom. The first-order chi connectivity index (χ1) is 7.79. The fourth-order valence-corrected chi connectivity index (χ4v) is 1.45. The average Bonchev–Trinajstić information content (AvgIpc) is 2.32. The van der Waals surface area contributed by atoms with Crippen molar-refractivity contribution in [1.29, 1.82) is 0 Å². The highest BCUT2D eigenvalue weighted by Gasteiger charge is 2.02. The van der Waals surface area contributed by atoms with Gasteiger partial charge in [-0.05, 0) is 24.3 Å². The third-order valence-electron chi connectivity index (χ3n) is 2.01. The number of ether oxygens (including phenoxy) is 1. The Morgan fingerprint density at radius 1 is 1.06 bits per heavy atom. The van der Waals surface area contributed by atoms with Crippen LogP contribution in [0.2, 0.25) is 5.02 Å². The molecule has 0 atom stereocenters. The maximum Gasteiger partial charge on any atom is 0.190 e. The maximum atomic E-state index is 6.91. The minimum atomic E-state index is 0.546. The van der Waals surface area contributed by atoms with E-state index < -0.39 is 0 Å². The smallest absolute Gasteiger partial charge is 0.190 e. The van der Waals surface area contributed by atoms with Crippen LogP contribution in [0.5, 0.6) is 11.5 Å². The third kappa shape index (κ3) is 2.33. The Labute approximate surface area is 98.9 Å². The van der Waals surface area contributed by atoms with Crippen LogP contribution in [0.3, 0.4) is 0 Å². The summed E-state index contributed by atoms with van der Waals surface area (Å²) in [6.45, 7) is 6.91. The summed E-state index contributed by atoms with van der Waals surface area (Å²) in [4.78, 5) is 3.33. The van der Waals surface area contributed by atoms with Gasteiger partial charge in [-0.15, -0.1) is 0 Å². The normalized spacial score (nSPS) is 9.50. The van der Waals surface area contributed by atoms with E-state index in [1.807, 2.05) is 12.1 Å². The van der Waals surface area contributed by atoms with E-state index in [2.05, 4.69) is 4.85 Å². The van der Waals surface area contributed by atoms with E-state index in [1.54, 1.807) is 36.4 Å². The molecule has 0 radical (unpaired) electrons. The fourth-order valence-electron chi connectivity index (χ4n) is 1.27. The van der Waals surface area contributed by atoms with Crippen LogP contribution in [-0.2, 0) is 0 Å². The first kappa shape index (κ1) is 10.5. The molecular formula is C13H8ClNO. The van der Waals surface area contributed by atoms with Crippen molar-refractivity contribution in [3.8, 4) is 11.5 Å². The molecular weight excluding hydrogens is 222 g/mol. The molecule has 0 heterocycles. The highest BCUT2D eigenvalue weighted by Crippen LogP contribution is 2.30. The molecule has 0 bridgehead atoms. The lowest BCUT2D eigenvalue weighted by molar-refractivity contribution is 0.483. The van der Waals surface area contributed by atoms with E-state index >= 15 is 0 Å². The molecule has 2 aromatic carbocycles. The second kappa shape index (κ2) is 4.69. The number of benzene rings is 2. The van der Waals surface area contributed by atoms with E-state index in [1.165, 1.54) is 0 Å². The average molecular weight is 230 g/mol. The van der Waals surface area contributed by atoms with Crippen molar-refractivity contribution in [1.82, 2.24) is 0 Å². The number of hydrogen-bond donors (Lipinski definition) is 0. The third-order valence-corrected chi connectivity index (χ3v) is 2.32. The summed E-state index contributed by atoms with van der Waals surface area (Å²) < 4.78 is 5.58. The first-order valence-electron chi connectivity index (χ1n) is 4.69. The molecule has 0 unspecified atom stereocenters.